The van der Waals surface area contributed by atoms with Gasteiger partial charge in [-0.05, 0) is 35.7 Å². The second-order valence-corrected chi connectivity index (χ2v) is 6.06. The lowest BCUT2D eigenvalue weighted by Gasteiger charge is -2.72. The van der Waals surface area contributed by atoms with E-state index in [1.807, 2.05) is 0 Å². The molecule has 0 aliphatic heterocycles. The molecule has 1 unspecified atom stereocenters. The third-order valence-electron chi connectivity index (χ3n) is 4.95. The van der Waals surface area contributed by atoms with Crippen LogP contribution in [0, 0.1) is 5.41 Å². The molecule has 2 N–H and O–H groups in total. The maximum absolute atomic E-state index is 13.1. The largest absolute Gasteiger partial charge is 0.468 e. The van der Waals surface area contributed by atoms with Gasteiger partial charge < -0.3 is 10.5 Å². The Morgan fingerprint density at radius 2 is 1.90 bits per heavy atom. The Balaban J connectivity index is 1.80. The molecule has 1 aromatic carbocycles. The van der Waals surface area contributed by atoms with Gasteiger partial charge in [-0.2, -0.15) is 0 Å². The number of halogens is 2. The van der Waals surface area contributed by atoms with Crippen LogP contribution >= 0.6 is 0 Å². The number of ether oxygens (including phenoxy) is 1. The van der Waals surface area contributed by atoms with Gasteiger partial charge in [0, 0.05) is 5.56 Å². The quantitative estimate of drug-likeness (QED) is 0.863. The molecule has 2 bridgehead atoms. The molecule has 3 fully saturated rings. The van der Waals surface area contributed by atoms with Crippen LogP contribution in [0.4, 0.5) is 8.78 Å². The summed E-state index contributed by atoms with van der Waals surface area (Å²) in [6.45, 7) is 0. The first-order valence-corrected chi connectivity index (χ1v) is 6.65. The van der Waals surface area contributed by atoms with E-state index < -0.39 is 18.4 Å². The number of methoxy groups -OCH3 is 1. The average molecular weight is 281 g/mol. The normalized spacial score (nSPS) is 32.2. The average Bonchev–Trinajstić information content (AvgIpc) is 2.35. The fourth-order valence-electron chi connectivity index (χ4n) is 4.03. The standard InChI is InChI=1S/C15H17F2NO2/c1-20-13(19)11(18)15-6-14(7-15,8-15)10-5-3-2-4-9(10)12(16)17/h2-5,11-12H,6-8,18H2,1H3. The fourth-order valence-corrected chi connectivity index (χ4v) is 4.03. The van der Waals surface area contributed by atoms with Crippen LogP contribution < -0.4 is 5.73 Å². The van der Waals surface area contributed by atoms with Gasteiger partial charge in [0.25, 0.3) is 6.43 Å². The van der Waals surface area contributed by atoms with Gasteiger partial charge in [0.05, 0.1) is 7.11 Å². The van der Waals surface area contributed by atoms with Crippen LogP contribution in [0.5, 0.6) is 0 Å². The van der Waals surface area contributed by atoms with Gasteiger partial charge in [0.1, 0.15) is 6.04 Å². The van der Waals surface area contributed by atoms with Crippen LogP contribution in [0.25, 0.3) is 0 Å². The zero-order valence-electron chi connectivity index (χ0n) is 11.2. The van der Waals surface area contributed by atoms with Crippen LogP contribution in [-0.2, 0) is 14.9 Å². The minimum atomic E-state index is -2.47. The van der Waals surface area contributed by atoms with Crippen molar-refractivity contribution in [3.8, 4) is 0 Å². The van der Waals surface area contributed by atoms with Crippen molar-refractivity contribution in [2.45, 2.75) is 37.1 Å². The maximum atomic E-state index is 13.1. The van der Waals surface area contributed by atoms with E-state index in [1.165, 1.54) is 13.2 Å². The molecule has 0 aromatic heterocycles. The van der Waals surface area contributed by atoms with Crippen molar-refractivity contribution in [1.29, 1.82) is 0 Å². The number of carbonyl (C=O) groups excluding carboxylic acids is 1. The monoisotopic (exact) mass is 281 g/mol. The zero-order valence-corrected chi connectivity index (χ0v) is 11.2. The van der Waals surface area contributed by atoms with Gasteiger partial charge in [-0.25, -0.2) is 8.78 Å². The van der Waals surface area contributed by atoms with E-state index >= 15 is 0 Å². The van der Waals surface area contributed by atoms with Crippen molar-refractivity contribution in [3.05, 3.63) is 35.4 Å². The summed E-state index contributed by atoms with van der Waals surface area (Å²) in [5, 5.41) is 0. The highest BCUT2D eigenvalue weighted by atomic mass is 19.3. The molecule has 0 radical (unpaired) electrons. The van der Waals surface area contributed by atoms with Crippen LogP contribution in [0.3, 0.4) is 0 Å². The minimum Gasteiger partial charge on any atom is -0.468 e. The van der Waals surface area contributed by atoms with Gasteiger partial charge in [-0.3, -0.25) is 4.79 Å². The summed E-state index contributed by atoms with van der Waals surface area (Å²) in [6, 6.07) is 6.02. The number of carbonyl (C=O) groups is 1. The van der Waals surface area contributed by atoms with Gasteiger partial charge in [0.15, 0.2) is 0 Å². The Hall–Kier alpha value is -1.49. The zero-order chi connectivity index (χ0) is 14.5. The number of rotatable bonds is 4. The van der Waals surface area contributed by atoms with Gasteiger partial charge in [-0.15, -0.1) is 0 Å². The number of hydrogen-bond donors (Lipinski definition) is 1. The van der Waals surface area contributed by atoms with Crippen molar-refractivity contribution in [2.75, 3.05) is 7.11 Å². The number of esters is 1. The van der Waals surface area contributed by atoms with Gasteiger partial charge in [-0.1, -0.05) is 24.3 Å². The number of alkyl halides is 2. The summed E-state index contributed by atoms with van der Waals surface area (Å²) in [5.41, 5.74) is 6.28. The molecule has 3 aliphatic carbocycles. The maximum Gasteiger partial charge on any atom is 0.323 e. The molecule has 0 heterocycles. The first-order valence-electron chi connectivity index (χ1n) is 6.65. The van der Waals surface area contributed by atoms with E-state index in [2.05, 4.69) is 4.74 Å². The second kappa shape index (κ2) is 4.25. The second-order valence-electron chi connectivity index (χ2n) is 6.06. The molecular formula is C15H17F2NO2. The molecule has 20 heavy (non-hydrogen) atoms. The summed E-state index contributed by atoms with van der Waals surface area (Å²) >= 11 is 0. The molecule has 1 aromatic rings. The van der Waals surface area contributed by atoms with Crippen molar-refractivity contribution >= 4 is 5.97 Å². The molecule has 1 atom stereocenters. The van der Waals surface area contributed by atoms with E-state index in [-0.39, 0.29) is 16.4 Å². The number of benzene rings is 1. The summed E-state index contributed by atoms with van der Waals surface area (Å²) in [5.74, 6) is -0.416. The molecule has 4 rings (SSSR count). The van der Waals surface area contributed by atoms with Crippen molar-refractivity contribution in [1.82, 2.24) is 0 Å². The lowest BCUT2D eigenvalue weighted by molar-refractivity contribution is -0.181. The Labute approximate surface area is 116 Å². The van der Waals surface area contributed by atoms with E-state index in [4.69, 9.17) is 5.73 Å². The Kier molecular flexibility index (Phi) is 2.87. The lowest BCUT2D eigenvalue weighted by atomic mass is 9.31. The van der Waals surface area contributed by atoms with Crippen molar-refractivity contribution in [3.63, 3.8) is 0 Å². The van der Waals surface area contributed by atoms with E-state index in [9.17, 15) is 13.6 Å². The van der Waals surface area contributed by atoms with Crippen molar-refractivity contribution in [2.24, 2.45) is 11.1 Å². The predicted molar refractivity (Wildman–Crippen MR) is 69.4 cm³/mol. The summed E-state index contributed by atoms with van der Waals surface area (Å²) < 4.78 is 30.8. The summed E-state index contributed by atoms with van der Waals surface area (Å²) in [4.78, 5) is 11.5. The topological polar surface area (TPSA) is 52.3 Å². The molecule has 108 valence electrons. The molecular weight excluding hydrogens is 264 g/mol. The van der Waals surface area contributed by atoms with E-state index in [1.54, 1.807) is 18.2 Å². The highest BCUT2D eigenvalue weighted by Crippen LogP contribution is 2.75. The SMILES string of the molecule is COC(=O)C(N)C12CC(c3ccccc3C(F)F)(C1)C2. The third kappa shape index (κ3) is 1.62. The third-order valence-corrected chi connectivity index (χ3v) is 4.95. The Morgan fingerprint density at radius 1 is 1.30 bits per heavy atom. The Morgan fingerprint density at radius 3 is 2.45 bits per heavy atom. The molecule has 3 aliphatic rings. The first kappa shape index (κ1) is 13.5. The van der Waals surface area contributed by atoms with Crippen LogP contribution in [0.2, 0.25) is 0 Å². The molecule has 3 saturated carbocycles. The van der Waals surface area contributed by atoms with Gasteiger partial charge in [0.2, 0.25) is 0 Å². The van der Waals surface area contributed by atoms with Crippen LogP contribution in [-0.4, -0.2) is 19.1 Å². The van der Waals surface area contributed by atoms with E-state index in [0.717, 1.165) is 0 Å². The van der Waals surface area contributed by atoms with E-state index in [0.29, 0.717) is 24.8 Å². The lowest BCUT2D eigenvalue weighted by Crippen LogP contribution is -2.72. The van der Waals surface area contributed by atoms with Gasteiger partial charge >= 0.3 is 5.97 Å². The highest BCUT2D eigenvalue weighted by Gasteiger charge is 2.72. The fraction of sp³-hybridized carbons (Fsp3) is 0.533. The Bertz CT molecular complexity index is 539. The minimum absolute atomic E-state index is 0.104. The van der Waals surface area contributed by atoms with Crippen LogP contribution in [0.1, 0.15) is 36.8 Å². The highest BCUT2D eigenvalue weighted by molar-refractivity contribution is 5.78. The molecule has 0 spiro atoms. The molecule has 0 amide bonds. The smallest absolute Gasteiger partial charge is 0.323 e. The molecule has 3 nitrogen and oxygen atoms in total. The summed E-state index contributed by atoms with van der Waals surface area (Å²) in [6.07, 6.45) is -0.384. The van der Waals surface area contributed by atoms with Crippen molar-refractivity contribution < 1.29 is 18.3 Å². The number of hydrogen-bond acceptors (Lipinski definition) is 3. The summed E-state index contributed by atoms with van der Waals surface area (Å²) in [7, 11) is 1.31. The molecule has 0 saturated heterocycles. The first-order chi connectivity index (χ1) is 9.44. The predicted octanol–water partition coefficient (Wildman–Crippen LogP) is 2.55. The van der Waals surface area contributed by atoms with Crippen LogP contribution in [0.15, 0.2) is 24.3 Å². The molecule has 5 heteroatoms. The number of nitrogens with two attached hydrogens (primary N) is 1.